The summed E-state index contributed by atoms with van der Waals surface area (Å²) in [7, 11) is -3.47. The number of rotatable bonds is 6. The molecular weight excluding hydrogens is 483 g/mol. The van der Waals surface area contributed by atoms with E-state index in [1.807, 2.05) is 6.07 Å². The SMILES string of the molecule is NCCC1=CS(=O)(=O)c2ccc(-c3cnc(NCc4c(F)ccc5c4[C@@H]4C[C@@H]4O5)n4cnnc34)cc21. The molecular formula is C25H21FN6O3S. The highest BCUT2D eigenvalue weighted by molar-refractivity contribution is 7.95. The molecule has 3 aliphatic rings. The van der Waals surface area contributed by atoms with Gasteiger partial charge in [0.15, 0.2) is 5.65 Å². The third-order valence-corrected chi connectivity index (χ3v) is 8.61. The first-order valence-corrected chi connectivity index (χ1v) is 13.2. The minimum atomic E-state index is -3.47. The quantitative estimate of drug-likeness (QED) is 0.410. The molecule has 1 aliphatic carbocycles. The Labute approximate surface area is 205 Å². The van der Waals surface area contributed by atoms with Gasteiger partial charge in [-0.2, -0.15) is 0 Å². The monoisotopic (exact) mass is 504 g/mol. The third kappa shape index (κ3) is 3.16. The van der Waals surface area contributed by atoms with Gasteiger partial charge in [0, 0.05) is 40.8 Å². The zero-order chi connectivity index (χ0) is 24.6. The van der Waals surface area contributed by atoms with Crippen LogP contribution in [-0.2, 0) is 16.4 Å². The van der Waals surface area contributed by atoms with Crippen molar-refractivity contribution in [2.45, 2.75) is 36.3 Å². The molecule has 2 aliphatic heterocycles. The van der Waals surface area contributed by atoms with Crippen LogP contribution in [-0.4, -0.2) is 40.6 Å². The summed E-state index contributed by atoms with van der Waals surface area (Å²) in [5.74, 6) is 1.21. The van der Waals surface area contributed by atoms with Gasteiger partial charge in [-0.3, -0.25) is 4.40 Å². The minimum absolute atomic E-state index is 0.171. The Morgan fingerprint density at radius 2 is 2.11 bits per heavy atom. The first-order valence-electron chi connectivity index (χ1n) is 11.7. The van der Waals surface area contributed by atoms with E-state index in [2.05, 4.69) is 20.5 Å². The summed E-state index contributed by atoms with van der Waals surface area (Å²) in [6, 6.07) is 8.30. The average molecular weight is 505 g/mol. The Bertz CT molecular complexity index is 1710. The van der Waals surface area contributed by atoms with E-state index in [0.717, 1.165) is 23.3 Å². The molecule has 0 unspecified atom stereocenters. The van der Waals surface area contributed by atoms with E-state index in [-0.39, 0.29) is 29.3 Å². The molecule has 0 bridgehead atoms. The molecule has 1 saturated carbocycles. The molecule has 2 atom stereocenters. The molecule has 0 radical (unpaired) electrons. The Morgan fingerprint density at radius 3 is 2.97 bits per heavy atom. The van der Waals surface area contributed by atoms with Gasteiger partial charge in [0.1, 0.15) is 24.0 Å². The van der Waals surface area contributed by atoms with Gasteiger partial charge in [-0.1, -0.05) is 6.07 Å². The van der Waals surface area contributed by atoms with Gasteiger partial charge in [-0.25, -0.2) is 17.8 Å². The molecule has 11 heteroatoms. The summed E-state index contributed by atoms with van der Waals surface area (Å²) in [5.41, 5.74) is 10.6. The lowest BCUT2D eigenvalue weighted by atomic mass is 9.99. The summed E-state index contributed by atoms with van der Waals surface area (Å²) in [5, 5.41) is 12.8. The molecule has 4 heterocycles. The number of hydrogen-bond donors (Lipinski definition) is 2. The summed E-state index contributed by atoms with van der Waals surface area (Å²) in [4.78, 5) is 4.84. The Morgan fingerprint density at radius 1 is 1.22 bits per heavy atom. The van der Waals surface area contributed by atoms with E-state index in [4.69, 9.17) is 10.5 Å². The highest BCUT2D eigenvalue weighted by Crippen LogP contribution is 2.55. The van der Waals surface area contributed by atoms with Crippen LogP contribution >= 0.6 is 0 Å². The van der Waals surface area contributed by atoms with Gasteiger partial charge in [0.2, 0.25) is 15.8 Å². The zero-order valence-corrected chi connectivity index (χ0v) is 19.8. The lowest BCUT2D eigenvalue weighted by molar-refractivity contribution is 0.318. The number of nitrogens with two attached hydrogens (primary N) is 1. The summed E-state index contributed by atoms with van der Waals surface area (Å²) < 4.78 is 47.3. The number of benzene rings is 2. The minimum Gasteiger partial charge on any atom is -0.489 e. The molecule has 0 saturated heterocycles. The maximum atomic E-state index is 14.7. The Hall–Kier alpha value is -3.83. The van der Waals surface area contributed by atoms with Crippen LogP contribution in [0.3, 0.4) is 0 Å². The highest BCUT2D eigenvalue weighted by atomic mass is 32.2. The van der Waals surface area contributed by atoms with Crippen molar-refractivity contribution in [2.75, 3.05) is 11.9 Å². The van der Waals surface area contributed by atoms with E-state index >= 15 is 0 Å². The zero-order valence-electron chi connectivity index (χ0n) is 19.0. The van der Waals surface area contributed by atoms with Crippen molar-refractivity contribution in [3.05, 3.63) is 70.8 Å². The Balaban J connectivity index is 1.24. The number of halogens is 1. The van der Waals surface area contributed by atoms with E-state index in [0.29, 0.717) is 46.8 Å². The molecule has 3 N–H and O–H groups in total. The normalized spacial score (nSPS) is 20.4. The topological polar surface area (TPSA) is 125 Å². The predicted octanol–water partition coefficient (Wildman–Crippen LogP) is 3.27. The fraction of sp³-hybridized carbons (Fsp3) is 0.240. The lowest BCUT2D eigenvalue weighted by Gasteiger charge is -2.14. The van der Waals surface area contributed by atoms with Gasteiger partial charge < -0.3 is 15.8 Å². The van der Waals surface area contributed by atoms with Crippen LogP contribution in [0.25, 0.3) is 22.3 Å². The number of fused-ring (bicyclic) bond motifs is 5. The summed E-state index contributed by atoms with van der Waals surface area (Å²) >= 11 is 0. The van der Waals surface area contributed by atoms with Crippen LogP contribution in [0.2, 0.25) is 0 Å². The van der Waals surface area contributed by atoms with Gasteiger partial charge in [0.25, 0.3) is 0 Å². The Kier molecular flexibility index (Phi) is 4.52. The van der Waals surface area contributed by atoms with Crippen LogP contribution in [0.15, 0.2) is 53.2 Å². The molecule has 2 aromatic heterocycles. The second kappa shape index (κ2) is 7.58. The van der Waals surface area contributed by atoms with Gasteiger partial charge >= 0.3 is 0 Å². The molecule has 182 valence electrons. The van der Waals surface area contributed by atoms with Crippen molar-refractivity contribution in [1.82, 2.24) is 19.6 Å². The lowest BCUT2D eigenvalue weighted by Crippen LogP contribution is -2.10. The van der Waals surface area contributed by atoms with Crippen LogP contribution in [0.4, 0.5) is 10.3 Å². The first kappa shape index (κ1) is 21.5. The fourth-order valence-electron chi connectivity index (χ4n) is 5.26. The van der Waals surface area contributed by atoms with E-state index < -0.39 is 9.84 Å². The maximum Gasteiger partial charge on any atom is 0.210 e. The number of hydrogen-bond acceptors (Lipinski definition) is 8. The molecule has 4 aromatic rings. The fourth-order valence-corrected chi connectivity index (χ4v) is 6.76. The molecule has 0 amide bonds. The van der Waals surface area contributed by atoms with Gasteiger partial charge in [0.05, 0.1) is 4.90 Å². The predicted molar refractivity (Wildman–Crippen MR) is 131 cm³/mol. The number of anilines is 1. The third-order valence-electron chi connectivity index (χ3n) is 7.05. The number of ether oxygens (including phenoxy) is 1. The van der Waals surface area contributed by atoms with Crippen molar-refractivity contribution >= 4 is 27.0 Å². The van der Waals surface area contributed by atoms with Crippen molar-refractivity contribution in [3.8, 4) is 16.9 Å². The van der Waals surface area contributed by atoms with Gasteiger partial charge in [-0.15, -0.1) is 10.2 Å². The highest BCUT2D eigenvalue weighted by Gasteiger charge is 2.49. The largest absolute Gasteiger partial charge is 0.489 e. The van der Waals surface area contributed by atoms with Crippen molar-refractivity contribution in [2.24, 2.45) is 5.73 Å². The average Bonchev–Trinajstić information content (AvgIpc) is 3.18. The molecule has 2 aromatic carbocycles. The molecule has 0 spiro atoms. The van der Waals surface area contributed by atoms with E-state index in [1.54, 1.807) is 28.8 Å². The summed E-state index contributed by atoms with van der Waals surface area (Å²) in [6.45, 7) is 0.589. The second-order valence-corrected chi connectivity index (χ2v) is 11.0. The van der Waals surface area contributed by atoms with Gasteiger partial charge in [-0.05, 0) is 60.4 Å². The first-order chi connectivity index (χ1) is 17.4. The van der Waals surface area contributed by atoms with E-state index in [9.17, 15) is 12.8 Å². The second-order valence-electron chi connectivity index (χ2n) is 9.25. The standard InChI is InChI=1S/C25H21FN6O3S/c26-19-2-3-20-23(16-8-21(16)35-20)18(19)10-29-25-28-9-17(24-31-30-12-32(24)25)13-1-4-22-15(7-13)14(5-6-27)11-36(22,33)34/h1-4,7,9,11-12,16,21H,5-6,8,10,27H2,(H,28,29)/t16-,21+/m1/s1. The van der Waals surface area contributed by atoms with Crippen molar-refractivity contribution in [3.63, 3.8) is 0 Å². The number of nitrogens with one attached hydrogen (secondary N) is 1. The van der Waals surface area contributed by atoms with Crippen LogP contribution in [0, 0.1) is 5.82 Å². The summed E-state index contributed by atoms with van der Waals surface area (Å²) in [6.07, 6.45) is 4.76. The van der Waals surface area contributed by atoms with Crippen molar-refractivity contribution < 1.29 is 17.5 Å². The number of sulfone groups is 1. The molecule has 36 heavy (non-hydrogen) atoms. The van der Waals surface area contributed by atoms with Crippen LogP contribution in [0.1, 0.15) is 35.4 Å². The smallest absolute Gasteiger partial charge is 0.210 e. The van der Waals surface area contributed by atoms with Crippen molar-refractivity contribution in [1.29, 1.82) is 0 Å². The maximum absolute atomic E-state index is 14.7. The molecule has 1 fully saturated rings. The number of nitrogens with zero attached hydrogens (tertiary/aromatic N) is 4. The van der Waals surface area contributed by atoms with Crippen LogP contribution in [0.5, 0.6) is 5.75 Å². The molecule has 9 nitrogen and oxygen atoms in total. The number of aromatic nitrogens is 4. The molecule has 7 rings (SSSR count). The van der Waals surface area contributed by atoms with Crippen LogP contribution < -0.4 is 15.8 Å². The van der Waals surface area contributed by atoms with E-state index in [1.165, 1.54) is 17.8 Å².